The van der Waals surface area contributed by atoms with Gasteiger partial charge in [-0.05, 0) is 47.2 Å². The van der Waals surface area contributed by atoms with Crippen molar-refractivity contribution in [3.8, 4) is 10.4 Å². The van der Waals surface area contributed by atoms with Gasteiger partial charge in [-0.25, -0.2) is 9.37 Å². The monoisotopic (exact) mass is 412 g/mol. The molecule has 7 heteroatoms. The van der Waals surface area contributed by atoms with E-state index in [1.165, 1.54) is 6.07 Å². The molecule has 0 fully saturated rings. The first kappa shape index (κ1) is 18.8. The molecule has 0 saturated carbocycles. The van der Waals surface area contributed by atoms with E-state index in [9.17, 15) is 4.39 Å². The summed E-state index contributed by atoms with van der Waals surface area (Å²) in [6, 6.07) is 12.9. The predicted octanol–water partition coefficient (Wildman–Crippen LogP) is 5.13. The average Bonchev–Trinajstić information content (AvgIpc) is 3.18. The van der Waals surface area contributed by atoms with Gasteiger partial charge in [0.1, 0.15) is 5.82 Å². The van der Waals surface area contributed by atoms with Crippen LogP contribution in [0.15, 0.2) is 61.1 Å². The van der Waals surface area contributed by atoms with Gasteiger partial charge in [0.05, 0.1) is 9.90 Å². The summed E-state index contributed by atoms with van der Waals surface area (Å²) in [4.78, 5) is 9.66. The van der Waals surface area contributed by atoms with Gasteiger partial charge < -0.3 is 11.1 Å². The van der Waals surface area contributed by atoms with Crippen molar-refractivity contribution in [3.63, 3.8) is 0 Å². The normalized spacial score (nSPS) is 12.2. The molecule has 28 heavy (non-hydrogen) atoms. The molecule has 0 saturated heterocycles. The fraction of sp³-hybridized carbons (Fsp3) is 0.143. The number of aromatic nitrogens is 2. The van der Waals surface area contributed by atoms with Gasteiger partial charge in [-0.15, -0.1) is 0 Å². The lowest BCUT2D eigenvalue weighted by molar-refractivity contribution is 0.621. The average molecular weight is 413 g/mol. The van der Waals surface area contributed by atoms with Gasteiger partial charge in [0.15, 0.2) is 5.13 Å². The van der Waals surface area contributed by atoms with Crippen LogP contribution in [0.1, 0.15) is 5.56 Å². The lowest BCUT2D eigenvalue weighted by Crippen LogP contribution is -2.31. The molecule has 0 radical (unpaired) electrons. The van der Waals surface area contributed by atoms with E-state index >= 15 is 0 Å². The zero-order chi connectivity index (χ0) is 19.5. The first-order valence-corrected chi connectivity index (χ1v) is 10.0. The van der Waals surface area contributed by atoms with Crippen LogP contribution in [0.3, 0.4) is 0 Å². The van der Waals surface area contributed by atoms with Crippen molar-refractivity contribution >= 4 is 38.8 Å². The summed E-state index contributed by atoms with van der Waals surface area (Å²) in [6.45, 7) is 0.542. The highest BCUT2D eigenvalue weighted by molar-refractivity contribution is 7.18. The maximum atomic E-state index is 13.5. The van der Waals surface area contributed by atoms with Gasteiger partial charge in [-0.3, -0.25) is 4.98 Å². The quantitative estimate of drug-likeness (QED) is 0.460. The molecule has 0 bridgehead atoms. The van der Waals surface area contributed by atoms with E-state index in [4.69, 9.17) is 17.3 Å². The van der Waals surface area contributed by atoms with Crippen molar-refractivity contribution in [2.75, 3.05) is 11.9 Å². The van der Waals surface area contributed by atoms with Crippen molar-refractivity contribution in [3.05, 3.63) is 77.5 Å². The largest absolute Gasteiger partial charge is 0.360 e. The minimum Gasteiger partial charge on any atom is -0.360 e. The number of anilines is 1. The highest BCUT2D eigenvalue weighted by Gasteiger charge is 2.09. The Morgan fingerprint density at radius 1 is 1.11 bits per heavy atom. The number of halogens is 2. The number of pyridine rings is 1. The Morgan fingerprint density at radius 2 is 2.00 bits per heavy atom. The van der Waals surface area contributed by atoms with Crippen LogP contribution in [0.5, 0.6) is 0 Å². The van der Waals surface area contributed by atoms with Crippen LogP contribution >= 0.6 is 22.9 Å². The molecule has 2 aromatic carbocycles. The van der Waals surface area contributed by atoms with E-state index < -0.39 is 5.82 Å². The third-order valence-corrected chi connectivity index (χ3v) is 5.74. The summed E-state index contributed by atoms with van der Waals surface area (Å²) in [7, 11) is 0. The Bertz CT molecular complexity index is 1110. The number of fused-ring (bicyclic) bond motifs is 1. The van der Waals surface area contributed by atoms with Gasteiger partial charge in [0.2, 0.25) is 0 Å². The van der Waals surface area contributed by atoms with Gasteiger partial charge >= 0.3 is 0 Å². The van der Waals surface area contributed by atoms with Crippen LogP contribution in [0.2, 0.25) is 5.02 Å². The van der Waals surface area contributed by atoms with E-state index in [2.05, 4.69) is 33.5 Å². The molecule has 4 aromatic rings. The molecule has 142 valence electrons. The Hall–Kier alpha value is -2.54. The first-order valence-electron chi connectivity index (χ1n) is 8.82. The van der Waals surface area contributed by atoms with Gasteiger partial charge in [0.25, 0.3) is 0 Å². The summed E-state index contributed by atoms with van der Waals surface area (Å²) in [6.07, 6.45) is 6.06. The van der Waals surface area contributed by atoms with Crippen LogP contribution in [-0.2, 0) is 6.42 Å². The van der Waals surface area contributed by atoms with Crippen LogP contribution < -0.4 is 11.1 Å². The van der Waals surface area contributed by atoms with Crippen LogP contribution in [0.25, 0.3) is 21.2 Å². The van der Waals surface area contributed by atoms with Crippen molar-refractivity contribution in [1.82, 2.24) is 9.97 Å². The SMILES string of the molecule is N[C@@H](CNc1ncc(-c2ccc3cnccc3c2)s1)Cc1ccc(Cl)c(F)c1. The number of rotatable bonds is 6. The van der Waals surface area contributed by atoms with Crippen molar-refractivity contribution in [1.29, 1.82) is 0 Å². The number of nitrogens with zero attached hydrogens (tertiary/aromatic N) is 2. The number of thiazole rings is 1. The van der Waals surface area contributed by atoms with Crippen molar-refractivity contribution < 1.29 is 4.39 Å². The predicted molar refractivity (Wildman–Crippen MR) is 114 cm³/mol. The highest BCUT2D eigenvalue weighted by Crippen LogP contribution is 2.31. The molecule has 0 aliphatic rings. The van der Waals surface area contributed by atoms with Gasteiger partial charge in [-0.2, -0.15) is 0 Å². The molecule has 0 aliphatic carbocycles. The Morgan fingerprint density at radius 3 is 2.86 bits per heavy atom. The van der Waals surface area contributed by atoms with Gasteiger partial charge in [0, 0.05) is 36.6 Å². The van der Waals surface area contributed by atoms with E-state index in [1.807, 2.05) is 18.5 Å². The number of nitrogens with one attached hydrogen (secondary N) is 1. The molecular formula is C21H18ClFN4S. The van der Waals surface area contributed by atoms with Crippen LogP contribution in [-0.4, -0.2) is 22.6 Å². The molecule has 0 amide bonds. The third kappa shape index (κ3) is 4.30. The molecule has 2 aromatic heterocycles. The Kier molecular flexibility index (Phi) is 5.52. The van der Waals surface area contributed by atoms with Gasteiger partial charge in [-0.1, -0.05) is 41.1 Å². The molecule has 0 spiro atoms. The molecular weight excluding hydrogens is 395 g/mol. The van der Waals surface area contributed by atoms with Crippen LogP contribution in [0.4, 0.5) is 9.52 Å². The molecule has 4 rings (SSSR count). The lowest BCUT2D eigenvalue weighted by Gasteiger charge is -2.12. The lowest BCUT2D eigenvalue weighted by atomic mass is 10.1. The minimum atomic E-state index is -0.421. The number of nitrogens with two attached hydrogens (primary N) is 1. The van der Waals surface area contributed by atoms with Crippen LogP contribution in [0, 0.1) is 5.82 Å². The fourth-order valence-corrected chi connectivity index (χ4v) is 3.92. The van der Waals surface area contributed by atoms with Crippen molar-refractivity contribution in [2.24, 2.45) is 5.73 Å². The van der Waals surface area contributed by atoms with Crippen molar-refractivity contribution in [2.45, 2.75) is 12.5 Å². The zero-order valence-electron chi connectivity index (χ0n) is 14.9. The number of hydrogen-bond acceptors (Lipinski definition) is 5. The first-order chi connectivity index (χ1) is 13.6. The highest BCUT2D eigenvalue weighted by atomic mass is 35.5. The summed E-state index contributed by atoms with van der Waals surface area (Å²) < 4.78 is 13.5. The van der Waals surface area contributed by atoms with E-state index in [1.54, 1.807) is 29.7 Å². The third-order valence-electron chi connectivity index (χ3n) is 4.43. The smallest absolute Gasteiger partial charge is 0.183 e. The van der Waals surface area contributed by atoms with E-state index in [-0.39, 0.29) is 11.1 Å². The second-order valence-electron chi connectivity index (χ2n) is 6.56. The fourth-order valence-electron chi connectivity index (χ4n) is 2.99. The number of hydrogen-bond donors (Lipinski definition) is 2. The molecule has 2 heterocycles. The second-order valence-corrected chi connectivity index (χ2v) is 8.00. The molecule has 1 atom stereocenters. The van der Waals surface area contributed by atoms with E-state index in [0.29, 0.717) is 13.0 Å². The maximum Gasteiger partial charge on any atom is 0.183 e. The second kappa shape index (κ2) is 8.22. The zero-order valence-corrected chi connectivity index (χ0v) is 16.5. The topological polar surface area (TPSA) is 63.8 Å². The Labute approximate surface area is 171 Å². The summed E-state index contributed by atoms with van der Waals surface area (Å²) in [5.41, 5.74) is 8.11. The molecule has 4 nitrogen and oxygen atoms in total. The molecule has 3 N–H and O–H groups in total. The number of benzene rings is 2. The minimum absolute atomic E-state index is 0.121. The summed E-state index contributed by atoms with van der Waals surface area (Å²) in [5, 5.41) is 6.46. The molecule has 0 unspecified atom stereocenters. The maximum absolute atomic E-state index is 13.5. The standard InChI is InChI=1S/C21H18ClFN4S/c22-18-4-1-13(8-19(18)23)7-17(24)11-26-21-27-12-20(28-21)15-2-3-16-10-25-6-5-14(16)9-15/h1-6,8-10,12,17H,7,11,24H2,(H,26,27)/t17-/m1/s1. The molecule has 0 aliphatic heterocycles. The van der Waals surface area contributed by atoms with E-state index in [0.717, 1.165) is 31.9 Å². The summed E-state index contributed by atoms with van der Waals surface area (Å²) in [5.74, 6) is -0.421. The summed E-state index contributed by atoms with van der Waals surface area (Å²) >= 11 is 7.29. The Balaban J connectivity index is 1.39.